The van der Waals surface area contributed by atoms with Gasteiger partial charge in [0.15, 0.2) is 5.78 Å². The van der Waals surface area contributed by atoms with E-state index >= 15 is 0 Å². The van der Waals surface area contributed by atoms with Gasteiger partial charge in [-0.2, -0.15) is 0 Å². The molecule has 78 valence electrons. The number of ketones is 1. The van der Waals surface area contributed by atoms with Gasteiger partial charge in [-0.25, -0.2) is 4.79 Å². The summed E-state index contributed by atoms with van der Waals surface area (Å²) in [4.78, 5) is 34.4. The Hall–Kier alpha value is -1.39. The van der Waals surface area contributed by atoms with Crippen molar-refractivity contribution in [3.05, 3.63) is 0 Å². The Morgan fingerprint density at radius 2 is 2.21 bits per heavy atom. The third-order valence-corrected chi connectivity index (χ3v) is 2.33. The van der Waals surface area contributed by atoms with Gasteiger partial charge in [0.05, 0.1) is 6.54 Å². The lowest BCUT2D eigenvalue weighted by Crippen LogP contribution is -2.50. The molecule has 1 amide bonds. The third kappa shape index (κ3) is 2.10. The molecule has 1 fully saturated rings. The fraction of sp³-hybridized carbons (Fsp3) is 0.667. The highest BCUT2D eigenvalue weighted by Gasteiger charge is 2.34. The summed E-state index contributed by atoms with van der Waals surface area (Å²) in [6, 6.07) is -0.819. The molecule has 1 unspecified atom stereocenters. The fourth-order valence-corrected chi connectivity index (χ4v) is 1.55. The highest BCUT2D eigenvalue weighted by molar-refractivity contribution is 5.91. The maximum absolute atomic E-state index is 11.3. The van der Waals surface area contributed by atoms with Gasteiger partial charge in [-0.15, -0.1) is 0 Å². The molecule has 1 saturated heterocycles. The van der Waals surface area contributed by atoms with E-state index < -0.39 is 12.0 Å². The number of hydrogen-bond donors (Lipinski definition) is 1. The van der Waals surface area contributed by atoms with Crippen molar-refractivity contribution in [2.45, 2.75) is 32.2 Å². The number of carbonyl (C=O) groups excluding carboxylic acids is 2. The lowest BCUT2D eigenvalue weighted by molar-refractivity contribution is -0.154. The Labute approximate surface area is 81.7 Å². The predicted octanol–water partition coefficient (Wildman–Crippen LogP) is 0.0411. The van der Waals surface area contributed by atoms with Gasteiger partial charge >= 0.3 is 5.97 Å². The summed E-state index contributed by atoms with van der Waals surface area (Å²) in [5, 5.41) is 8.83. The Morgan fingerprint density at radius 1 is 1.57 bits per heavy atom. The van der Waals surface area contributed by atoms with Crippen LogP contribution in [-0.2, 0) is 14.4 Å². The van der Waals surface area contributed by atoms with Crippen LogP contribution in [0, 0.1) is 0 Å². The summed E-state index contributed by atoms with van der Waals surface area (Å²) in [6.07, 6.45) is 0.724. The second-order valence-electron chi connectivity index (χ2n) is 3.31. The number of hydrogen-bond acceptors (Lipinski definition) is 3. The monoisotopic (exact) mass is 199 g/mol. The predicted molar refractivity (Wildman–Crippen MR) is 47.7 cm³/mol. The molecule has 1 atom stereocenters. The van der Waals surface area contributed by atoms with Crippen molar-refractivity contribution in [3.8, 4) is 0 Å². The molecule has 0 aliphatic carbocycles. The minimum Gasteiger partial charge on any atom is -0.480 e. The van der Waals surface area contributed by atoms with Crippen LogP contribution in [0.5, 0.6) is 0 Å². The second-order valence-corrected chi connectivity index (χ2v) is 3.31. The zero-order valence-electron chi connectivity index (χ0n) is 8.02. The molecule has 0 aromatic rings. The largest absolute Gasteiger partial charge is 0.480 e. The molecule has 1 heterocycles. The molecule has 1 rings (SSSR count). The van der Waals surface area contributed by atoms with Crippen molar-refractivity contribution in [2.24, 2.45) is 0 Å². The van der Waals surface area contributed by atoms with Crippen LogP contribution in [0.3, 0.4) is 0 Å². The van der Waals surface area contributed by atoms with Crippen LogP contribution in [0.25, 0.3) is 0 Å². The van der Waals surface area contributed by atoms with Crippen LogP contribution in [0.4, 0.5) is 0 Å². The molecule has 1 aliphatic rings. The van der Waals surface area contributed by atoms with Crippen molar-refractivity contribution in [2.75, 3.05) is 6.54 Å². The van der Waals surface area contributed by atoms with Gasteiger partial charge in [0.1, 0.15) is 6.04 Å². The standard InChI is InChI=1S/C9H13NO4/c1-2-8(12)10-5-6(11)3-4-7(10)9(13)14/h7H,2-5H2,1H3,(H,13,14). The number of Topliss-reactive ketones (excluding diaryl/α,β-unsaturated/α-hetero) is 1. The SMILES string of the molecule is CCC(=O)N1CC(=O)CCC1C(=O)O. The van der Waals surface area contributed by atoms with Gasteiger partial charge in [0.25, 0.3) is 0 Å². The van der Waals surface area contributed by atoms with Crippen LogP contribution >= 0.6 is 0 Å². The highest BCUT2D eigenvalue weighted by Crippen LogP contribution is 2.15. The smallest absolute Gasteiger partial charge is 0.326 e. The van der Waals surface area contributed by atoms with E-state index in [-0.39, 0.29) is 37.5 Å². The number of amides is 1. The van der Waals surface area contributed by atoms with Crippen LogP contribution in [0.2, 0.25) is 0 Å². The zero-order valence-corrected chi connectivity index (χ0v) is 8.02. The lowest BCUT2D eigenvalue weighted by atomic mass is 10.0. The number of piperidine rings is 1. The molecule has 0 aromatic carbocycles. The minimum atomic E-state index is -1.03. The fourth-order valence-electron chi connectivity index (χ4n) is 1.55. The molecular formula is C9H13NO4. The van der Waals surface area contributed by atoms with Crippen molar-refractivity contribution < 1.29 is 19.5 Å². The maximum atomic E-state index is 11.3. The molecule has 1 aliphatic heterocycles. The van der Waals surface area contributed by atoms with Crippen LogP contribution in [0.15, 0.2) is 0 Å². The Bertz CT molecular complexity index is 274. The van der Waals surface area contributed by atoms with Crippen molar-refractivity contribution in [1.82, 2.24) is 4.90 Å². The Kier molecular flexibility index (Phi) is 3.22. The normalized spacial score (nSPS) is 22.2. The number of carboxylic acid groups (broad SMARTS) is 1. The molecule has 0 spiro atoms. The van der Waals surface area contributed by atoms with E-state index in [2.05, 4.69) is 0 Å². The molecule has 1 N–H and O–H groups in total. The van der Waals surface area contributed by atoms with Gasteiger partial charge in [0, 0.05) is 12.8 Å². The zero-order chi connectivity index (χ0) is 10.7. The van der Waals surface area contributed by atoms with E-state index in [1.54, 1.807) is 6.92 Å². The Balaban J connectivity index is 2.78. The first-order chi connectivity index (χ1) is 6.56. The summed E-state index contributed by atoms with van der Waals surface area (Å²) < 4.78 is 0. The number of aliphatic carboxylic acids is 1. The van der Waals surface area contributed by atoms with Gasteiger partial charge in [-0.05, 0) is 6.42 Å². The van der Waals surface area contributed by atoms with Gasteiger partial charge < -0.3 is 10.0 Å². The van der Waals surface area contributed by atoms with E-state index in [9.17, 15) is 14.4 Å². The number of nitrogens with zero attached hydrogens (tertiary/aromatic N) is 1. The van der Waals surface area contributed by atoms with E-state index in [1.165, 1.54) is 0 Å². The van der Waals surface area contributed by atoms with Crippen molar-refractivity contribution in [3.63, 3.8) is 0 Å². The van der Waals surface area contributed by atoms with Gasteiger partial charge in [0.2, 0.25) is 5.91 Å². The first kappa shape index (κ1) is 10.7. The van der Waals surface area contributed by atoms with Crippen LogP contribution in [0.1, 0.15) is 26.2 Å². The molecule has 0 aromatic heterocycles. The van der Waals surface area contributed by atoms with Crippen LogP contribution in [-0.4, -0.2) is 40.3 Å². The molecule has 14 heavy (non-hydrogen) atoms. The van der Waals surface area contributed by atoms with Gasteiger partial charge in [-0.3, -0.25) is 9.59 Å². The molecule has 0 bridgehead atoms. The molecular weight excluding hydrogens is 186 g/mol. The van der Waals surface area contributed by atoms with E-state index in [0.717, 1.165) is 4.90 Å². The minimum absolute atomic E-state index is 0.0519. The summed E-state index contributed by atoms with van der Waals surface area (Å²) >= 11 is 0. The van der Waals surface area contributed by atoms with Crippen LogP contribution < -0.4 is 0 Å². The molecule has 0 saturated carbocycles. The quantitative estimate of drug-likeness (QED) is 0.681. The maximum Gasteiger partial charge on any atom is 0.326 e. The van der Waals surface area contributed by atoms with Gasteiger partial charge in [-0.1, -0.05) is 6.92 Å². The first-order valence-electron chi connectivity index (χ1n) is 4.60. The number of likely N-dealkylation sites (tertiary alicyclic amines) is 1. The van der Waals surface area contributed by atoms with E-state index in [4.69, 9.17) is 5.11 Å². The number of carbonyl (C=O) groups is 3. The Morgan fingerprint density at radius 3 is 2.71 bits per heavy atom. The number of carboxylic acids is 1. The van der Waals surface area contributed by atoms with Crippen molar-refractivity contribution in [1.29, 1.82) is 0 Å². The summed E-state index contributed by atoms with van der Waals surface area (Å²) in [7, 11) is 0. The highest BCUT2D eigenvalue weighted by atomic mass is 16.4. The topological polar surface area (TPSA) is 74.7 Å². The summed E-state index contributed by atoms with van der Waals surface area (Å²) in [6.45, 7) is 1.60. The average molecular weight is 199 g/mol. The average Bonchev–Trinajstić information content (AvgIpc) is 2.16. The third-order valence-electron chi connectivity index (χ3n) is 2.33. The molecule has 5 nitrogen and oxygen atoms in total. The molecule has 0 radical (unpaired) electrons. The van der Waals surface area contributed by atoms with Crippen molar-refractivity contribution >= 4 is 17.7 Å². The second kappa shape index (κ2) is 4.21. The summed E-state index contributed by atoms with van der Waals surface area (Å²) in [5.74, 6) is -1.37. The van der Waals surface area contributed by atoms with E-state index in [1.807, 2.05) is 0 Å². The first-order valence-corrected chi connectivity index (χ1v) is 4.60. The number of rotatable bonds is 2. The van der Waals surface area contributed by atoms with E-state index in [0.29, 0.717) is 0 Å². The molecule has 5 heteroatoms. The lowest BCUT2D eigenvalue weighted by Gasteiger charge is -2.31. The summed E-state index contributed by atoms with van der Waals surface area (Å²) in [5.41, 5.74) is 0.